The first-order valence-corrected chi connectivity index (χ1v) is 9.95. The van der Waals surface area contributed by atoms with E-state index in [2.05, 4.69) is 33.9 Å². The summed E-state index contributed by atoms with van der Waals surface area (Å²) < 4.78 is 6.16. The van der Waals surface area contributed by atoms with Crippen LogP contribution >= 0.6 is 0 Å². The summed E-state index contributed by atoms with van der Waals surface area (Å²) in [5.74, 6) is -0.126. The zero-order valence-corrected chi connectivity index (χ0v) is 13.6. The molecule has 0 atom stereocenters. The minimum atomic E-state index is -1.70. The molecule has 0 aromatic carbocycles. The van der Waals surface area contributed by atoms with Crippen LogP contribution in [-0.4, -0.2) is 20.8 Å². The van der Waals surface area contributed by atoms with Crippen LogP contribution in [0.25, 0.3) is 0 Å². The van der Waals surface area contributed by atoms with Gasteiger partial charge in [0.1, 0.15) is 0 Å². The molecule has 0 unspecified atom stereocenters. The molecule has 4 heteroatoms. The molecule has 1 aliphatic rings. The highest BCUT2D eigenvalue weighted by atomic mass is 28.4. The van der Waals surface area contributed by atoms with Gasteiger partial charge in [0, 0.05) is 6.61 Å². The largest absolute Gasteiger partial charge is 0.417 e. The van der Waals surface area contributed by atoms with E-state index in [1.165, 1.54) is 0 Å². The van der Waals surface area contributed by atoms with E-state index in [1.807, 2.05) is 0 Å². The topological polar surface area (TPSA) is 52.3 Å². The fourth-order valence-corrected chi connectivity index (χ4v) is 3.43. The maximum atomic E-state index is 11.7. The van der Waals surface area contributed by atoms with Gasteiger partial charge in [0.2, 0.25) is 5.91 Å². The van der Waals surface area contributed by atoms with Crippen LogP contribution in [0.15, 0.2) is 0 Å². The van der Waals surface area contributed by atoms with E-state index in [0.29, 0.717) is 6.61 Å². The summed E-state index contributed by atoms with van der Waals surface area (Å²) in [6.45, 7) is 11.9. The smallest absolute Gasteiger partial charge is 0.223 e. The second-order valence-electron chi connectivity index (χ2n) is 7.21. The summed E-state index contributed by atoms with van der Waals surface area (Å²) in [4.78, 5) is 11.7. The van der Waals surface area contributed by atoms with Gasteiger partial charge < -0.3 is 10.2 Å². The summed E-state index contributed by atoms with van der Waals surface area (Å²) >= 11 is 0. The summed E-state index contributed by atoms with van der Waals surface area (Å²) in [5.41, 5.74) is 5.31. The molecule has 1 amide bonds. The first kappa shape index (κ1) is 15.7. The average molecular weight is 271 g/mol. The van der Waals surface area contributed by atoms with Gasteiger partial charge in [0.15, 0.2) is 8.32 Å². The monoisotopic (exact) mass is 271 g/mol. The van der Waals surface area contributed by atoms with Crippen molar-refractivity contribution in [1.29, 1.82) is 0 Å². The van der Waals surface area contributed by atoms with Crippen LogP contribution in [-0.2, 0) is 9.22 Å². The maximum Gasteiger partial charge on any atom is 0.223 e. The van der Waals surface area contributed by atoms with Crippen molar-refractivity contribution in [2.24, 2.45) is 11.1 Å². The van der Waals surface area contributed by atoms with Crippen LogP contribution in [0.4, 0.5) is 0 Å². The van der Waals surface area contributed by atoms with Crippen molar-refractivity contribution in [2.75, 3.05) is 6.61 Å². The highest BCUT2D eigenvalue weighted by molar-refractivity contribution is 6.74. The predicted octanol–water partition coefficient (Wildman–Crippen LogP) is 3.44. The third-order valence-electron chi connectivity index (χ3n) is 4.93. The van der Waals surface area contributed by atoms with Gasteiger partial charge in [-0.1, -0.05) is 33.6 Å². The van der Waals surface area contributed by atoms with Crippen LogP contribution in [0.3, 0.4) is 0 Å². The third kappa shape index (κ3) is 3.35. The summed E-state index contributed by atoms with van der Waals surface area (Å²) in [6.07, 6.45) is 4.95. The molecule has 0 saturated heterocycles. The summed E-state index contributed by atoms with van der Waals surface area (Å²) in [6, 6.07) is 0. The van der Waals surface area contributed by atoms with E-state index in [1.54, 1.807) is 0 Å². The number of primary amides is 1. The molecule has 0 heterocycles. The van der Waals surface area contributed by atoms with Crippen LogP contribution in [0.1, 0.15) is 52.9 Å². The van der Waals surface area contributed by atoms with Crippen molar-refractivity contribution in [3.8, 4) is 0 Å². The lowest BCUT2D eigenvalue weighted by molar-refractivity contribution is -0.128. The van der Waals surface area contributed by atoms with E-state index >= 15 is 0 Å². The number of amides is 1. The molecule has 1 rings (SSSR count). The van der Waals surface area contributed by atoms with E-state index in [0.717, 1.165) is 32.1 Å². The van der Waals surface area contributed by atoms with Gasteiger partial charge in [-0.2, -0.15) is 0 Å². The summed E-state index contributed by atoms with van der Waals surface area (Å²) in [7, 11) is -1.70. The molecule has 3 nitrogen and oxygen atoms in total. The molecular formula is C14H29NO2Si. The molecule has 1 saturated carbocycles. The van der Waals surface area contributed by atoms with Gasteiger partial charge in [0.25, 0.3) is 0 Å². The molecule has 2 N–H and O–H groups in total. The van der Waals surface area contributed by atoms with Crippen molar-refractivity contribution in [3.05, 3.63) is 0 Å². The van der Waals surface area contributed by atoms with Gasteiger partial charge in [-0.15, -0.1) is 0 Å². The average Bonchev–Trinajstić information content (AvgIpc) is 2.65. The number of hydrogen-bond donors (Lipinski definition) is 1. The number of hydrogen-bond acceptors (Lipinski definition) is 2. The van der Waals surface area contributed by atoms with E-state index in [-0.39, 0.29) is 16.4 Å². The van der Waals surface area contributed by atoms with Crippen LogP contribution in [0.2, 0.25) is 18.1 Å². The Hall–Kier alpha value is -0.353. The van der Waals surface area contributed by atoms with Gasteiger partial charge in [-0.3, -0.25) is 4.79 Å². The van der Waals surface area contributed by atoms with Crippen LogP contribution < -0.4 is 5.73 Å². The lowest BCUT2D eigenvalue weighted by atomic mass is 9.82. The van der Waals surface area contributed by atoms with E-state index < -0.39 is 8.32 Å². The lowest BCUT2D eigenvalue weighted by Gasteiger charge is -2.37. The number of rotatable bonds is 5. The SMILES string of the molecule is CC(C)(C)[Si](C)(C)OCCC1(C(N)=O)CCCC1. The Balaban J connectivity index is 2.53. The van der Waals surface area contributed by atoms with Gasteiger partial charge in [-0.25, -0.2) is 0 Å². The van der Waals surface area contributed by atoms with Crippen molar-refractivity contribution in [3.63, 3.8) is 0 Å². The summed E-state index contributed by atoms with van der Waals surface area (Å²) in [5, 5.41) is 0.225. The highest BCUT2D eigenvalue weighted by Crippen LogP contribution is 2.42. The molecule has 0 spiro atoms. The Morgan fingerprint density at radius 3 is 2.17 bits per heavy atom. The molecule has 0 aromatic rings. The van der Waals surface area contributed by atoms with Gasteiger partial charge in [0.05, 0.1) is 5.41 Å². The maximum absolute atomic E-state index is 11.7. The Bertz CT molecular complexity index is 301. The quantitative estimate of drug-likeness (QED) is 0.779. The first-order valence-electron chi connectivity index (χ1n) is 7.05. The third-order valence-corrected chi connectivity index (χ3v) is 9.47. The van der Waals surface area contributed by atoms with Gasteiger partial charge >= 0.3 is 0 Å². The minimum absolute atomic E-state index is 0.126. The number of carbonyl (C=O) groups is 1. The van der Waals surface area contributed by atoms with E-state index in [9.17, 15) is 4.79 Å². The predicted molar refractivity (Wildman–Crippen MR) is 77.9 cm³/mol. The Morgan fingerprint density at radius 1 is 1.28 bits per heavy atom. The Kier molecular flexibility index (Phi) is 4.65. The molecular weight excluding hydrogens is 242 g/mol. The molecule has 1 fully saturated rings. The van der Waals surface area contributed by atoms with Crippen molar-refractivity contribution in [2.45, 2.75) is 71.0 Å². The van der Waals surface area contributed by atoms with Crippen molar-refractivity contribution < 1.29 is 9.22 Å². The lowest BCUT2D eigenvalue weighted by Crippen LogP contribution is -2.43. The second-order valence-corrected chi connectivity index (χ2v) is 12.0. The van der Waals surface area contributed by atoms with Gasteiger partial charge in [-0.05, 0) is 37.4 Å². The molecule has 0 aliphatic heterocycles. The molecule has 18 heavy (non-hydrogen) atoms. The fourth-order valence-electron chi connectivity index (χ4n) is 2.39. The normalized spacial score (nSPS) is 20.1. The first-order chi connectivity index (χ1) is 8.11. The molecule has 0 bridgehead atoms. The standard InChI is InChI=1S/C14H29NO2Si/c1-13(2,3)18(4,5)17-11-10-14(12(15)16)8-6-7-9-14/h6-11H2,1-5H3,(H2,15,16). The molecule has 106 valence electrons. The number of carbonyl (C=O) groups excluding carboxylic acids is 1. The van der Waals surface area contributed by atoms with Crippen LogP contribution in [0.5, 0.6) is 0 Å². The molecule has 0 aromatic heterocycles. The Morgan fingerprint density at radius 2 is 1.78 bits per heavy atom. The zero-order valence-electron chi connectivity index (χ0n) is 12.6. The molecule has 0 radical (unpaired) electrons. The second kappa shape index (κ2) is 5.33. The Labute approximate surface area is 113 Å². The highest BCUT2D eigenvalue weighted by Gasteiger charge is 2.41. The van der Waals surface area contributed by atoms with E-state index in [4.69, 9.17) is 10.2 Å². The van der Waals surface area contributed by atoms with Crippen LogP contribution in [0, 0.1) is 5.41 Å². The number of nitrogens with two attached hydrogens (primary N) is 1. The van der Waals surface area contributed by atoms with Crippen molar-refractivity contribution >= 4 is 14.2 Å². The molecule has 1 aliphatic carbocycles. The minimum Gasteiger partial charge on any atom is -0.417 e. The van der Waals surface area contributed by atoms with Crippen molar-refractivity contribution in [1.82, 2.24) is 0 Å². The fraction of sp³-hybridized carbons (Fsp3) is 0.929. The zero-order chi connectivity index (χ0) is 14.0.